The number of ether oxygens (including phenoxy) is 1. The van der Waals surface area contributed by atoms with Crippen LogP contribution < -0.4 is 32.3 Å². The number of nitrogens with one attached hydrogen (secondary N) is 5. The standard InChI is InChI=1S/C22H33N7O9/c1-14(22(37)26-10-18(33)27-13-38-12-15(23)30)28-19(34)11-25-17(32)9-24-16(31)5-3-2-4-8-29-20(35)6-7-21(29)36/h6-7,14H,2-5,8-13H2,1H3,(H2,23,30)(H,24,31)(H,25,32)(H,26,37)(H,27,33)(H,28,34)/t14-/m0/s1. The fraction of sp³-hybridized carbons (Fsp3) is 0.545. The van der Waals surface area contributed by atoms with E-state index in [1.54, 1.807) is 0 Å². The fourth-order valence-electron chi connectivity index (χ4n) is 2.92. The van der Waals surface area contributed by atoms with Crippen molar-refractivity contribution in [2.45, 2.75) is 38.6 Å². The van der Waals surface area contributed by atoms with Gasteiger partial charge in [0.15, 0.2) is 0 Å². The Morgan fingerprint density at radius 2 is 1.39 bits per heavy atom. The Kier molecular flexibility index (Phi) is 14.3. The molecule has 1 heterocycles. The number of amides is 8. The van der Waals surface area contributed by atoms with Crippen LogP contribution in [0.2, 0.25) is 0 Å². The van der Waals surface area contributed by atoms with Crippen molar-refractivity contribution in [3.63, 3.8) is 0 Å². The summed E-state index contributed by atoms with van der Waals surface area (Å²) in [5.41, 5.74) is 4.87. The lowest BCUT2D eigenvalue weighted by Gasteiger charge is -2.14. The summed E-state index contributed by atoms with van der Waals surface area (Å²) in [6, 6.07) is -1.00. The number of primary amides is 1. The van der Waals surface area contributed by atoms with Gasteiger partial charge in [-0.15, -0.1) is 0 Å². The minimum atomic E-state index is -1.00. The summed E-state index contributed by atoms with van der Waals surface area (Å²) in [6.45, 7) is -0.165. The van der Waals surface area contributed by atoms with Crippen molar-refractivity contribution in [2.24, 2.45) is 5.73 Å². The molecule has 0 saturated heterocycles. The van der Waals surface area contributed by atoms with E-state index in [0.717, 1.165) is 4.90 Å². The van der Waals surface area contributed by atoms with Gasteiger partial charge in [-0.25, -0.2) is 0 Å². The highest BCUT2D eigenvalue weighted by atomic mass is 16.5. The maximum Gasteiger partial charge on any atom is 0.253 e. The molecule has 0 fully saturated rings. The molecule has 0 aromatic rings. The predicted molar refractivity (Wildman–Crippen MR) is 129 cm³/mol. The van der Waals surface area contributed by atoms with Crippen LogP contribution in [-0.2, 0) is 43.1 Å². The highest BCUT2D eigenvalue weighted by Crippen LogP contribution is 2.07. The third-order valence-corrected chi connectivity index (χ3v) is 4.89. The lowest BCUT2D eigenvalue weighted by molar-refractivity contribution is -0.137. The first-order valence-electron chi connectivity index (χ1n) is 11.8. The molecule has 7 N–H and O–H groups in total. The van der Waals surface area contributed by atoms with Gasteiger partial charge in [0.25, 0.3) is 11.8 Å². The number of hydrogen-bond donors (Lipinski definition) is 6. The maximum atomic E-state index is 12.0. The maximum absolute atomic E-state index is 12.0. The molecular weight excluding hydrogens is 506 g/mol. The molecule has 8 amide bonds. The molecule has 0 bridgehead atoms. The van der Waals surface area contributed by atoms with Crippen molar-refractivity contribution < 1.29 is 43.1 Å². The van der Waals surface area contributed by atoms with Crippen molar-refractivity contribution in [1.29, 1.82) is 0 Å². The highest BCUT2D eigenvalue weighted by Gasteiger charge is 2.22. The molecule has 210 valence electrons. The fourth-order valence-corrected chi connectivity index (χ4v) is 2.92. The average Bonchev–Trinajstić information content (AvgIpc) is 3.19. The minimum Gasteiger partial charge on any atom is -0.368 e. The van der Waals surface area contributed by atoms with Crippen molar-refractivity contribution in [1.82, 2.24) is 31.5 Å². The summed E-state index contributed by atoms with van der Waals surface area (Å²) in [7, 11) is 0. The number of carbonyl (C=O) groups excluding carboxylic acids is 8. The Morgan fingerprint density at radius 1 is 0.816 bits per heavy atom. The SMILES string of the molecule is C[C@H](NC(=O)CNC(=O)CNC(=O)CCCCCN1C(=O)C=CC1=O)C(=O)NCC(=O)NCOCC(N)=O. The van der Waals surface area contributed by atoms with E-state index in [1.165, 1.54) is 19.1 Å². The van der Waals surface area contributed by atoms with Gasteiger partial charge in [0.2, 0.25) is 35.4 Å². The smallest absolute Gasteiger partial charge is 0.253 e. The van der Waals surface area contributed by atoms with Crippen LogP contribution in [0.1, 0.15) is 32.6 Å². The van der Waals surface area contributed by atoms with Gasteiger partial charge in [-0.1, -0.05) is 6.42 Å². The summed E-state index contributed by atoms with van der Waals surface area (Å²) < 4.78 is 4.74. The normalized spacial score (nSPS) is 13.0. The van der Waals surface area contributed by atoms with Crippen molar-refractivity contribution in [2.75, 3.05) is 39.5 Å². The first-order valence-corrected chi connectivity index (χ1v) is 11.8. The lowest BCUT2D eigenvalue weighted by Crippen LogP contribution is -2.50. The largest absolute Gasteiger partial charge is 0.368 e. The molecular formula is C22H33N7O9. The zero-order chi connectivity index (χ0) is 28.5. The zero-order valence-electron chi connectivity index (χ0n) is 21.0. The molecule has 1 aliphatic rings. The Labute approximate surface area is 218 Å². The van der Waals surface area contributed by atoms with E-state index >= 15 is 0 Å². The molecule has 1 atom stereocenters. The summed E-state index contributed by atoms with van der Waals surface area (Å²) in [6.07, 6.45) is 4.24. The number of rotatable bonds is 18. The van der Waals surface area contributed by atoms with E-state index in [2.05, 4.69) is 26.6 Å². The first kappa shape index (κ1) is 31.7. The van der Waals surface area contributed by atoms with E-state index in [4.69, 9.17) is 10.5 Å². The lowest BCUT2D eigenvalue weighted by atomic mass is 10.2. The predicted octanol–water partition coefficient (Wildman–Crippen LogP) is -4.10. The van der Waals surface area contributed by atoms with E-state index < -0.39 is 48.7 Å². The van der Waals surface area contributed by atoms with Gasteiger partial charge in [0.1, 0.15) is 19.4 Å². The van der Waals surface area contributed by atoms with E-state index in [1.807, 2.05) is 0 Å². The summed E-state index contributed by atoms with van der Waals surface area (Å²) in [4.78, 5) is 93.6. The van der Waals surface area contributed by atoms with E-state index in [9.17, 15) is 38.4 Å². The number of imide groups is 1. The molecule has 16 nitrogen and oxygen atoms in total. The molecule has 0 aromatic carbocycles. The molecule has 0 radical (unpaired) electrons. The van der Waals surface area contributed by atoms with Crippen LogP contribution in [0.5, 0.6) is 0 Å². The Bertz CT molecular complexity index is 933. The molecule has 0 aliphatic carbocycles. The quantitative estimate of drug-likeness (QED) is 0.0563. The van der Waals surface area contributed by atoms with Gasteiger partial charge >= 0.3 is 0 Å². The molecule has 0 spiro atoms. The second-order valence-corrected chi connectivity index (χ2v) is 8.09. The molecule has 16 heteroatoms. The monoisotopic (exact) mass is 539 g/mol. The van der Waals surface area contributed by atoms with Crippen LogP contribution in [0, 0.1) is 0 Å². The summed E-state index contributed by atoms with van der Waals surface area (Å²) >= 11 is 0. The van der Waals surface area contributed by atoms with Gasteiger partial charge < -0.3 is 37.1 Å². The van der Waals surface area contributed by atoms with Crippen molar-refractivity contribution in [3.8, 4) is 0 Å². The van der Waals surface area contributed by atoms with Crippen LogP contribution in [0.4, 0.5) is 0 Å². The van der Waals surface area contributed by atoms with Crippen LogP contribution in [-0.4, -0.2) is 97.7 Å². The van der Waals surface area contributed by atoms with E-state index in [-0.39, 0.29) is 50.6 Å². The van der Waals surface area contributed by atoms with Gasteiger partial charge in [0.05, 0.1) is 19.6 Å². The number of hydrogen-bond acceptors (Lipinski definition) is 9. The summed E-state index contributed by atoms with van der Waals surface area (Å²) in [5.74, 6) is -4.29. The molecule has 1 aliphatic heterocycles. The number of nitrogens with two attached hydrogens (primary N) is 1. The number of unbranched alkanes of at least 4 members (excludes halogenated alkanes) is 2. The van der Waals surface area contributed by atoms with Crippen molar-refractivity contribution in [3.05, 3.63) is 12.2 Å². The van der Waals surface area contributed by atoms with Gasteiger partial charge in [-0.3, -0.25) is 43.3 Å². The van der Waals surface area contributed by atoms with Gasteiger partial charge in [0, 0.05) is 25.1 Å². The van der Waals surface area contributed by atoms with Gasteiger partial charge in [-0.05, 0) is 19.8 Å². The molecule has 0 aromatic heterocycles. The third kappa shape index (κ3) is 13.7. The van der Waals surface area contributed by atoms with Crippen LogP contribution in [0.15, 0.2) is 12.2 Å². The van der Waals surface area contributed by atoms with Crippen LogP contribution >= 0.6 is 0 Å². The van der Waals surface area contributed by atoms with Gasteiger partial charge in [-0.2, -0.15) is 0 Å². The molecule has 38 heavy (non-hydrogen) atoms. The zero-order valence-corrected chi connectivity index (χ0v) is 21.0. The molecule has 0 saturated carbocycles. The van der Waals surface area contributed by atoms with Crippen LogP contribution in [0.25, 0.3) is 0 Å². The second-order valence-electron chi connectivity index (χ2n) is 8.09. The Balaban J connectivity index is 2.10. The molecule has 1 rings (SSSR count). The first-order chi connectivity index (χ1) is 18.0. The molecule has 0 unspecified atom stereocenters. The van der Waals surface area contributed by atoms with E-state index in [0.29, 0.717) is 19.3 Å². The third-order valence-electron chi connectivity index (χ3n) is 4.89. The Hall–Kier alpha value is -4.34. The number of nitrogens with zero attached hydrogens (tertiary/aromatic N) is 1. The second kappa shape index (κ2) is 17.2. The highest BCUT2D eigenvalue weighted by molar-refractivity contribution is 6.12. The minimum absolute atomic E-state index is 0.152. The average molecular weight is 540 g/mol. The van der Waals surface area contributed by atoms with Crippen LogP contribution in [0.3, 0.4) is 0 Å². The number of carbonyl (C=O) groups is 8. The van der Waals surface area contributed by atoms with Crippen molar-refractivity contribution >= 4 is 47.3 Å². The topological polar surface area (TPSA) is 235 Å². The Morgan fingerprint density at radius 3 is 2.05 bits per heavy atom. The summed E-state index contributed by atoms with van der Waals surface area (Å²) in [5, 5.41) is 11.6.